The Morgan fingerprint density at radius 2 is 2.00 bits per heavy atom. The van der Waals surface area contributed by atoms with Gasteiger partial charge in [-0.3, -0.25) is 5.41 Å². The van der Waals surface area contributed by atoms with Gasteiger partial charge in [-0.25, -0.2) is 9.97 Å². The van der Waals surface area contributed by atoms with Gasteiger partial charge in [-0.15, -0.1) is 0 Å². The van der Waals surface area contributed by atoms with Gasteiger partial charge in [-0.05, 0) is 48.5 Å². The molecule has 0 saturated carbocycles. The standard InChI is InChI=1S/C12H12N4S/c1-8-7-9(3-4-10(8)11(13)14)17-12-15-5-2-6-16-12/h2-7H,1H3,(H3,13,14). The zero-order valence-corrected chi connectivity index (χ0v) is 10.2. The van der Waals surface area contributed by atoms with Gasteiger partial charge in [0.15, 0.2) is 5.16 Å². The van der Waals surface area contributed by atoms with Gasteiger partial charge in [0.05, 0.1) is 0 Å². The van der Waals surface area contributed by atoms with Crippen LogP contribution in [-0.4, -0.2) is 15.8 Å². The van der Waals surface area contributed by atoms with Crippen molar-refractivity contribution in [2.24, 2.45) is 5.73 Å². The number of benzene rings is 1. The number of aromatic nitrogens is 2. The first-order chi connectivity index (χ1) is 8.16. The molecule has 0 bridgehead atoms. The van der Waals surface area contributed by atoms with Crippen molar-refractivity contribution in [3.8, 4) is 0 Å². The van der Waals surface area contributed by atoms with E-state index in [0.29, 0.717) is 5.16 Å². The van der Waals surface area contributed by atoms with Crippen LogP contribution in [0.1, 0.15) is 11.1 Å². The highest BCUT2D eigenvalue weighted by Crippen LogP contribution is 2.25. The third-order valence-electron chi connectivity index (χ3n) is 2.24. The summed E-state index contributed by atoms with van der Waals surface area (Å²) in [4.78, 5) is 9.33. The van der Waals surface area contributed by atoms with Crippen LogP contribution < -0.4 is 5.73 Å². The third-order valence-corrected chi connectivity index (χ3v) is 3.12. The number of nitrogens with two attached hydrogens (primary N) is 1. The number of nitrogens with zero attached hydrogens (tertiary/aromatic N) is 2. The topological polar surface area (TPSA) is 75.7 Å². The Hall–Kier alpha value is -1.88. The van der Waals surface area contributed by atoms with Crippen molar-refractivity contribution in [3.63, 3.8) is 0 Å². The van der Waals surface area contributed by atoms with Gasteiger partial charge in [0.25, 0.3) is 0 Å². The van der Waals surface area contributed by atoms with E-state index in [2.05, 4.69) is 9.97 Å². The van der Waals surface area contributed by atoms with E-state index >= 15 is 0 Å². The van der Waals surface area contributed by atoms with Gasteiger partial charge in [-0.2, -0.15) is 0 Å². The molecule has 17 heavy (non-hydrogen) atoms. The lowest BCUT2D eigenvalue weighted by Crippen LogP contribution is -2.12. The molecule has 3 N–H and O–H groups in total. The summed E-state index contributed by atoms with van der Waals surface area (Å²) in [5.41, 5.74) is 7.22. The second-order valence-corrected chi connectivity index (χ2v) is 4.56. The van der Waals surface area contributed by atoms with Crippen molar-refractivity contribution in [1.82, 2.24) is 9.97 Å². The van der Waals surface area contributed by atoms with Crippen LogP contribution in [0.2, 0.25) is 0 Å². The molecule has 1 heterocycles. The minimum atomic E-state index is 0.0926. The lowest BCUT2D eigenvalue weighted by atomic mass is 10.1. The van der Waals surface area contributed by atoms with Crippen molar-refractivity contribution >= 4 is 17.6 Å². The first-order valence-electron chi connectivity index (χ1n) is 5.07. The molecule has 1 aromatic carbocycles. The fourth-order valence-electron chi connectivity index (χ4n) is 1.45. The van der Waals surface area contributed by atoms with Gasteiger partial charge in [-0.1, -0.05) is 0 Å². The summed E-state index contributed by atoms with van der Waals surface area (Å²) >= 11 is 1.49. The molecule has 0 saturated heterocycles. The Labute approximate surface area is 104 Å². The van der Waals surface area contributed by atoms with Crippen LogP contribution in [0, 0.1) is 12.3 Å². The number of hydrogen-bond donors (Lipinski definition) is 2. The molecule has 0 unspecified atom stereocenters. The number of nitrogen functional groups attached to an aromatic ring is 1. The Kier molecular flexibility index (Phi) is 3.39. The smallest absolute Gasteiger partial charge is 0.192 e. The second kappa shape index (κ2) is 4.97. The quantitative estimate of drug-likeness (QED) is 0.493. The summed E-state index contributed by atoms with van der Waals surface area (Å²) in [7, 11) is 0. The predicted molar refractivity (Wildman–Crippen MR) is 68.4 cm³/mol. The van der Waals surface area contributed by atoms with Gasteiger partial charge >= 0.3 is 0 Å². The van der Waals surface area contributed by atoms with Crippen LogP contribution in [0.15, 0.2) is 46.7 Å². The zero-order chi connectivity index (χ0) is 12.3. The molecule has 2 rings (SSSR count). The lowest BCUT2D eigenvalue weighted by Gasteiger charge is -2.06. The van der Waals surface area contributed by atoms with E-state index in [4.69, 9.17) is 11.1 Å². The maximum absolute atomic E-state index is 7.41. The molecule has 5 heteroatoms. The maximum atomic E-state index is 7.41. The van der Waals surface area contributed by atoms with Crippen LogP contribution in [0.4, 0.5) is 0 Å². The van der Waals surface area contributed by atoms with Crippen LogP contribution in [0.5, 0.6) is 0 Å². The molecule has 0 aliphatic carbocycles. The van der Waals surface area contributed by atoms with Crippen molar-refractivity contribution in [2.75, 3.05) is 0 Å². The molecule has 1 aromatic heterocycles. The molecule has 0 radical (unpaired) electrons. The molecule has 2 aromatic rings. The molecule has 0 aliphatic heterocycles. The van der Waals surface area contributed by atoms with E-state index < -0.39 is 0 Å². The summed E-state index contributed by atoms with van der Waals surface area (Å²) in [5, 5.41) is 8.12. The summed E-state index contributed by atoms with van der Waals surface area (Å²) < 4.78 is 0. The van der Waals surface area contributed by atoms with E-state index in [-0.39, 0.29) is 5.84 Å². The first kappa shape index (κ1) is 11.6. The van der Waals surface area contributed by atoms with Crippen molar-refractivity contribution < 1.29 is 0 Å². The van der Waals surface area contributed by atoms with Gasteiger partial charge in [0, 0.05) is 22.9 Å². The first-order valence-corrected chi connectivity index (χ1v) is 5.88. The van der Waals surface area contributed by atoms with E-state index in [1.165, 1.54) is 11.8 Å². The molecule has 0 aliphatic rings. The van der Waals surface area contributed by atoms with Gasteiger partial charge < -0.3 is 5.73 Å². The summed E-state index contributed by atoms with van der Waals surface area (Å²) in [6, 6.07) is 7.54. The summed E-state index contributed by atoms with van der Waals surface area (Å²) in [5.74, 6) is 0.0926. The van der Waals surface area contributed by atoms with Gasteiger partial charge in [0.1, 0.15) is 5.84 Å². The Morgan fingerprint density at radius 3 is 2.59 bits per heavy atom. The largest absolute Gasteiger partial charge is 0.384 e. The minimum Gasteiger partial charge on any atom is -0.384 e. The molecular weight excluding hydrogens is 232 g/mol. The molecule has 0 spiro atoms. The molecule has 4 nitrogen and oxygen atoms in total. The highest BCUT2D eigenvalue weighted by atomic mass is 32.2. The maximum Gasteiger partial charge on any atom is 0.192 e. The van der Waals surface area contributed by atoms with Gasteiger partial charge in [0.2, 0.25) is 0 Å². The number of amidine groups is 1. The molecule has 0 amide bonds. The number of aryl methyl sites for hydroxylation is 1. The van der Waals surface area contributed by atoms with E-state index in [1.54, 1.807) is 18.5 Å². The number of hydrogen-bond acceptors (Lipinski definition) is 4. The molecule has 86 valence electrons. The van der Waals surface area contributed by atoms with Crippen LogP contribution in [-0.2, 0) is 0 Å². The Bertz CT molecular complexity index is 539. The average molecular weight is 244 g/mol. The fraction of sp³-hybridized carbons (Fsp3) is 0.0833. The molecular formula is C12H12N4S. The summed E-state index contributed by atoms with van der Waals surface area (Å²) in [6.07, 6.45) is 3.43. The van der Waals surface area contributed by atoms with E-state index in [1.807, 2.05) is 25.1 Å². The normalized spacial score (nSPS) is 10.2. The highest BCUT2D eigenvalue weighted by Gasteiger charge is 2.04. The average Bonchev–Trinajstić information content (AvgIpc) is 2.30. The van der Waals surface area contributed by atoms with E-state index in [9.17, 15) is 0 Å². The zero-order valence-electron chi connectivity index (χ0n) is 9.34. The lowest BCUT2D eigenvalue weighted by molar-refractivity contribution is 0.966. The Morgan fingerprint density at radius 1 is 1.29 bits per heavy atom. The number of rotatable bonds is 3. The monoisotopic (exact) mass is 244 g/mol. The van der Waals surface area contributed by atoms with Crippen LogP contribution in [0.25, 0.3) is 0 Å². The molecule has 0 fully saturated rings. The fourth-order valence-corrected chi connectivity index (χ4v) is 2.26. The van der Waals surface area contributed by atoms with Crippen molar-refractivity contribution in [3.05, 3.63) is 47.8 Å². The van der Waals surface area contributed by atoms with Crippen LogP contribution in [0.3, 0.4) is 0 Å². The molecule has 0 atom stereocenters. The summed E-state index contributed by atoms with van der Waals surface area (Å²) in [6.45, 7) is 1.94. The Balaban J connectivity index is 2.24. The van der Waals surface area contributed by atoms with Crippen molar-refractivity contribution in [2.45, 2.75) is 17.0 Å². The number of nitrogens with one attached hydrogen (secondary N) is 1. The predicted octanol–water partition coefficient (Wildman–Crippen LogP) is 2.22. The highest BCUT2D eigenvalue weighted by molar-refractivity contribution is 7.99. The van der Waals surface area contributed by atoms with Crippen LogP contribution >= 0.6 is 11.8 Å². The van der Waals surface area contributed by atoms with E-state index in [0.717, 1.165) is 16.0 Å². The SMILES string of the molecule is Cc1cc(Sc2ncccn2)ccc1C(=N)N. The second-order valence-electron chi connectivity index (χ2n) is 3.52. The van der Waals surface area contributed by atoms with Crippen molar-refractivity contribution in [1.29, 1.82) is 5.41 Å². The third kappa shape index (κ3) is 2.82. The minimum absolute atomic E-state index is 0.0926.